The van der Waals surface area contributed by atoms with E-state index < -0.39 is 10.8 Å². The Labute approximate surface area is 243 Å². The highest BCUT2D eigenvalue weighted by atomic mass is 32.2. The number of aryl methyl sites for hydroxylation is 2. The zero-order valence-electron chi connectivity index (χ0n) is 23.5. The molecule has 4 saturated heterocycles. The summed E-state index contributed by atoms with van der Waals surface area (Å²) in [7, 11) is 1.08. The predicted octanol–water partition coefficient (Wildman–Crippen LogP) is 3.66. The SMILES string of the molecule is CCc1ccc(CN2C3CC2CN(c2ccc(-c4cc(C#N)cnn(C)cc(OCC5CS(=O)C5)c4)cn2)C3)cn1. The van der Waals surface area contributed by atoms with E-state index in [1.165, 1.54) is 12.0 Å². The van der Waals surface area contributed by atoms with Gasteiger partial charge in [0.15, 0.2) is 0 Å². The summed E-state index contributed by atoms with van der Waals surface area (Å²) in [6, 6.07) is 15.5. The molecule has 0 N–H and O–H groups in total. The minimum atomic E-state index is -0.716. The number of piperidine rings is 1. The van der Waals surface area contributed by atoms with Crippen molar-refractivity contribution in [3.8, 4) is 22.9 Å². The number of aromatic nitrogens is 4. The van der Waals surface area contributed by atoms with Crippen molar-refractivity contribution in [3.05, 3.63) is 78.0 Å². The molecule has 41 heavy (non-hydrogen) atoms. The maximum absolute atomic E-state index is 11.5. The highest BCUT2D eigenvalue weighted by Crippen LogP contribution is 2.36. The molecule has 2 bridgehead atoms. The van der Waals surface area contributed by atoms with Gasteiger partial charge < -0.3 is 9.64 Å². The molecular formula is C31H35N7O2S. The third-order valence-corrected chi connectivity index (χ3v) is 9.81. The quantitative estimate of drug-likeness (QED) is 0.405. The van der Waals surface area contributed by atoms with E-state index in [0.29, 0.717) is 47.4 Å². The zero-order chi connectivity index (χ0) is 28.3. The summed E-state index contributed by atoms with van der Waals surface area (Å²) in [6.07, 6.45) is 9.42. The lowest BCUT2D eigenvalue weighted by Crippen LogP contribution is -2.68. The van der Waals surface area contributed by atoms with E-state index in [9.17, 15) is 9.47 Å². The minimum Gasteiger partial charge on any atom is -0.492 e. The van der Waals surface area contributed by atoms with E-state index in [0.717, 1.165) is 48.7 Å². The fourth-order valence-corrected chi connectivity index (χ4v) is 6.89. The average Bonchev–Trinajstić information content (AvgIpc) is 3.06. The second-order valence-corrected chi connectivity index (χ2v) is 12.7. The van der Waals surface area contributed by atoms with Crippen molar-refractivity contribution in [2.75, 3.05) is 36.1 Å². The van der Waals surface area contributed by atoms with Gasteiger partial charge in [-0.2, -0.15) is 10.4 Å². The lowest BCUT2D eigenvalue weighted by atomic mass is 9.87. The molecule has 10 heteroatoms. The van der Waals surface area contributed by atoms with E-state index >= 15 is 0 Å². The molecule has 2 atom stereocenters. The fraction of sp³-hybridized carbons (Fsp3) is 0.419. The van der Waals surface area contributed by atoms with Crippen LogP contribution in [0.1, 0.15) is 30.2 Å². The van der Waals surface area contributed by atoms with Crippen LogP contribution in [0.4, 0.5) is 5.82 Å². The summed E-state index contributed by atoms with van der Waals surface area (Å²) in [5, 5.41) is 14.0. The van der Waals surface area contributed by atoms with Gasteiger partial charge in [0.1, 0.15) is 17.6 Å². The van der Waals surface area contributed by atoms with Crippen LogP contribution in [0.2, 0.25) is 0 Å². The molecule has 4 aliphatic rings. The molecule has 0 aliphatic carbocycles. The van der Waals surface area contributed by atoms with Crippen LogP contribution in [-0.4, -0.2) is 72.1 Å². The number of pyridine rings is 2. The van der Waals surface area contributed by atoms with Gasteiger partial charge in [-0.15, -0.1) is 0 Å². The number of anilines is 1. The Bertz CT molecular complexity index is 1490. The van der Waals surface area contributed by atoms with Crippen molar-refractivity contribution in [1.82, 2.24) is 24.6 Å². The molecule has 3 aromatic rings. The summed E-state index contributed by atoms with van der Waals surface area (Å²) in [4.78, 5) is 14.4. The van der Waals surface area contributed by atoms with Crippen molar-refractivity contribution in [1.29, 1.82) is 5.26 Å². The minimum absolute atomic E-state index is 0.297. The van der Waals surface area contributed by atoms with Gasteiger partial charge in [0.05, 0.1) is 24.6 Å². The first kappa shape index (κ1) is 27.4. The summed E-state index contributed by atoms with van der Waals surface area (Å²) < 4.78 is 19.2. The monoisotopic (exact) mass is 569 g/mol. The van der Waals surface area contributed by atoms with Gasteiger partial charge in [-0.25, -0.2) is 4.98 Å². The highest BCUT2D eigenvalue weighted by Gasteiger charge is 2.44. The standard InChI is InChI=1S/C31H35N7O2S/c1-3-27-6-4-22(12-33-27)15-38-28-10-29(38)17-37(16-28)31-7-5-25(14-34-31)26-8-23(11-32)13-35-36(2)18-30(9-26)40-19-24-20-41(39)21-24/h4-9,12-14,18,24,28-29H,3,10,15-17,19-21H2,1-2H3. The maximum Gasteiger partial charge on any atom is 0.137 e. The average molecular weight is 570 g/mol. The van der Waals surface area contributed by atoms with Crippen LogP contribution in [0.15, 0.2) is 61.2 Å². The third kappa shape index (κ3) is 6.26. The summed E-state index contributed by atoms with van der Waals surface area (Å²) in [5.74, 6) is 3.26. The summed E-state index contributed by atoms with van der Waals surface area (Å²) in [5.41, 5.74) is 4.56. The van der Waals surface area contributed by atoms with Crippen molar-refractivity contribution >= 4 is 16.6 Å². The number of hydrogen-bond acceptors (Lipinski definition) is 8. The molecule has 2 unspecified atom stereocenters. The van der Waals surface area contributed by atoms with Crippen molar-refractivity contribution < 1.29 is 8.95 Å². The lowest BCUT2D eigenvalue weighted by molar-refractivity contribution is -0.00875. The van der Waals surface area contributed by atoms with Crippen LogP contribution in [0.25, 0.3) is 11.1 Å². The van der Waals surface area contributed by atoms with E-state index in [4.69, 9.17) is 9.72 Å². The van der Waals surface area contributed by atoms with Crippen molar-refractivity contribution in [3.63, 3.8) is 0 Å². The zero-order valence-corrected chi connectivity index (χ0v) is 24.3. The molecule has 0 amide bonds. The van der Waals surface area contributed by atoms with Crippen LogP contribution in [0.5, 0.6) is 5.75 Å². The highest BCUT2D eigenvalue weighted by molar-refractivity contribution is 7.86. The number of ether oxygens (including phenoxy) is 1. The smallest absolute Gasteiger partial charge is 0.137 e. The first-order valence-electron chi connectivity index (χ1n) is 14.2. The van der Waals surface area contributed by atoms with Gasteiger partial charge >= 0.3 is 0 Å². The number of rotatable bonds is 8. The van der Waals surface area contributed by atoms with Crippen molar-refractivity contribution in [2.24, 2.45) is 13.0 Å². The molecule has 9 nitrogen and oxygen atoms in total. The largest absolute Gasteiger partial charge is 0.492 e. The van der Waals surface area contributed by atoms with Gasteiger partial charge in [-0.1, -0.05) is 13.0 Å². The first-order chi connectivity index (χ1) is 20.0. The second kappa shape index (κ2) is 12.0. The van der Waals surface area contributed by atoms with Gasteiger partial charge in [-0.05, 0) is 54.3 Å². The fourth-order valence-electron chi connectivity index (χ4n) is 5.75. The predicted molar refractivity (Wildman–Crippen MR) is 159 cm³/mol. The van der Waals surface area contributed by atoms with Gasteiger partial charge in [0.2, 0.25) is 0 Å². The van der Waals surface area contributed by atoms with E-state index in [1.807, 2.05) is 24.5 Å². The van der Waals surface area contributed by atoms with Crippen LogP contribution < -0.4 is 9.64 Å². The maximum atomic E-state index is 11.5. The van der Waals surface area contributed by atoms with Crippen LogP contribution in [-0.2, 0) is 30.8 Å². The topological polar surface area (TPSA) is 100 Å². The Morgan fingerprint density at radius 1 is 1.05 bits per heavy atom. The molecule has 7 heterocycles. The molecule has 7 rings (SSSR count). The molecule has 0 aromatic carbocycles. The Morgan fingerprint density at radius 2 is 1.88 bits per heavy atom. The van der Waals surface area contributed by atoms with Gasteiger partial charge in [0, 0.05) is 90.6 Å². The molecular weight excluding hydrogens is 534 g/mol. The number of hydrogen-bond donors (Lipinski definition) is 0. The Kier molecular flexibility index (Phi) is 7.99. The lowest BCUT2D eigenvalue weighted by Gasteiger charge is -2.56. The van der Waals surface area contributed by atoms with E-state index in [-0.39, 0.29) is 0 Å². The van der Waals surface area contributed by atoms with Gasteiger partial charge in [0.25, 0.3) is 0 Å². The Balaban J connectivity index is 1.17. The summed E-state index contributed by atoms with van der Waals surface area (Å²) in [6.45, 7) is 5.50. The first-order valence-corrected chi connectivity index (χ1v) is 15.7. The normalized spacial score (nSPS) is 23.1. The number of piperazine rings is 1. The number of fused-ring (bicyclic) bond motifs is 2. The molecule has 4 aliphatic heterocycles. The number of nitrogens with zero attached hydrogens (tertiary/aromatic N) is 7. The molecule has 212 valence electrons. The second-order valence-electron chi connectivity index (χ2n) is 11.1. The van der Waals surface area contributed by atoms with Crippen LogP contribution in [0.3, 0.4) is 0 Å². The Morgan fingerprint density at radius 3 is 2.54 bits per heavy atom. The van der Waals surface area contributed by atoms with Crippen LogP contribution >= 0.6 is 0 Å². The van der Waals surface area contributed by atoms with E-state index in [1.54, 1.807) is 24.1 Å². The molecule has 3 aromatic heterocycles. The third-order valence-electron chi connectivity index (χ3n) is 8.12. The number of nitriles is 1. The van der Waals surface area contributed by atoms with Crippen molar-refractivity contribution in [2.45, 2.75) is 38.4 Å². The van der Waals surface area contributed by atoms with Gasteiger partial charge in [-0.3, -0.25) is 18.8 Å². The van der Waals surface area contributed by atoms with Crippen LogP contribution in [0, 0.1) is 17.2 Å². The Hall–Kier alpha value is -3.81. The van der Waals surface area contributed by atoms with E-state index in [2.05, 4.69) is 57.1 Å². The summed E-state index contributed by atoms with van der Waals surface area (Å²) >= 11 is 0. The molecule has 0 saturated carbocycles. The molecule has 0 spiro atoms. The molecule has 4 fully saturated rings. The molecule has 0 radical (unpaired) electrons.